The summed E-state index contributed by atoms with van der Waals surface area (Å²) in [5, 5.41) is 2.46. The summed E-state index contributed by atoms with van der Waals surface area (Å²) in [7, 11) is -3.35. The van der Waals surface area contributed by atoms with Crippen LogP contribution >= 0.6 is 22.9 Å². The molecule has 1 N–H and O–H groups in total. The first-order valence-corrected chi connectivity index (χ1v) is 11.2. The Kier molecular flexibility index (Phi) is 4.71. The van der Waals surface area contributed by atoms with Gasteiger partial charge >= 0.3 is 0 Å². The van der Waals surface area contributed by atoms with Gasteiger partial charge in [0.15, 0.2) is 5.75 Å². The third-order valence-electron chi connectivity index (χ3n) is 3.89. The molecule has 0 atom stereocenters. The highest BCUT2D eigenvalue weighted by Gasteiger charge is 2.20. The number of anilines is 1. The second-order valence-corrected chi connectivity index (χ2v) is 9.03. The summed E-state index contributed by atoms with van der Waals surface area (Å²) < 4.78 is 36.4. The SMILES string of the molecule is CS(=O)(=O)Nc1ccc(-c2csc(-c3ccnc4c3OCCO4)c2)c(Cl)c1. The molecule has 1 aliphatic heterocycles. The largest absolute Gasteiger partial charge is 0.484 e. The van der Waals surface area contributed by atoms with Crippen molar-refractivity contribution in [1.82, 2.24) is 4.98 Å². The van der Waals surface area contributed by atoms with E-state index in [4.69, 9.17) is 21.1 Å². The maximum atomic E-state index is 11.4. The number of hydrogen-bond acceptors (Lipinski definition) is 6. The van der Waals surface area contributed by atoms with E-state index in [0.717, 1.165) is 27.8 Å². The highest BCUT2D eigenvalue weighted by molar-refractivity contribution is 7.92. The van der Waals surface area contributed by atoms with Crippen LogP contribution in [-0.2, 0) is 10.0 Å². The molecule has 4 rings (SSSR count). The van der Waals surface area contributed by atoms with E-state index in [0.29, 0.717) is 35.6 Å². The number of thiophene rings is 1. The summed E-state index contributed by atoms with van der Waals surface area (Å²) in [6.07, 6.45) is 2.79. The highest BCUT2D eigenvalue weighted by Crippen LogP contribution is 2.43. The van der Waals surface area contributed by atoms with Gasteiger partial charge in [-0.25, -0.2) is 13.4 Å². The summed E-state index contributed by atoms with van der Waals surface area (Å²) in [4.78, 5) is 5.21. The van der Waals surface area contributed by atoms with Gasteiger partial charge < -0.3 is 9.47 Å². The minimum atomic E-state index is -3.35. The van der Waals surface area contributed by atoms with Gasteiger partial charge in [0, 0.05) is 27.9 Å². The quantitative estimate of drug-likeness (QED) is 0.679. The number of ether oxygens (including phenoxy) is 2. The molecule has 9 heteroatoms. The Bertz CT molecular complexity index is 1110. The molecule has 1 aromatic carbocycles. The third-order valence-corrected chi connectivity index (χ3v) is 5.77. The van der Waals surface area contributed by atoms with Gasteiger partial charge in [0.25, 0.3) is 5.88 Å². The van der Waals surface area contributed by atoms with E-state index < -0.39 is 10.0 Å². The van der Waals surface area contributed by atoms with Gasteiger partial charge in [-0.2, -0.15) is 0 Å². The first kappa shape index (κ1) is 18.1. The van der Waals surface area contributed by atoms with Crippen LogP contribution < -0.4 is 14.2 Å². The Morgan fingerprint density at radius 1 is 1.15 bits per heavy atom. The van der Waals surface area contributed by atoms with Crippen LogP contribution in [0.15, 0.2) is 41.9 Å². The van der Waals surface area contributed by atoms with E-state index in [1.165, 1.54) is 0 Å². The van der Waals surface area contributed by atoms with Crippen LogP contribution in [0.25, 0.3) is 21.6 Å². The number of rotatable bonds is 4. The average Bonchev–Trinajstić information content (AvgIpc) is 3.09. The van der Waals surface area contributed by atoms with Gasteiger partial charge in [0.05, 0.1) is 11.3 Å². The van der Waals surface area contributed by atoms with E-state index >= 15 is 0 Å². The molecule has 3 aromatic rings. The topological polar surface area (TPSA) is 77.5 Å². The van der Waals surface area contributed by atoms with E-state index in [2.05, 4.69) is 9.71 Å². The summed E-state index contributed by atoms with van der Waals surface area (Å²) in [5.41, 5.74) is 3.10. The lowest BCUT2D eigenvalue weighted by atomic mass is 10.1. The molecule has 0 saturated heterocycles. The summed E-state index contributed by atoms with van der Waals surface area (Å²) in [6.45, 7) is 0.979. The summed E-state index contributed by atoms with van der Waals surface area (Å²) >= 11 is 7.94. The van der Waals surface area contributed by atoms with Gasteiger partial charge in [0.2, 0.25) is 10.0 Å². The van der Waals surface area contributed by atoms with Crippen LogP contribution in [0.2, 0.25) is 5.02 Å². The maximum Gasteiger partial charge on any atom is 0.257 e. The lowest BCUT2D eigenvalue weighted by Gasteiger charge is -2.19. The van der Waals surface area contributed by atoms with Crippen molar-refractivity contribution < 1.29 is 17.9 Å². The van der Waals surface area contributed by atoms with Crippen molar-refractivity contribution in [3.63, 3.8) is 0 Å². The van der Waals surface area contributed by atoms with Crippen molar-refractivity contribution in [2.45, 2.75) is 0 Å². The van der Waals surface area contributed by atoms with Crippen molar-refractivity contribution >= 4 is 38.6 Å². The molecule has 1 aliphatic rings. The number of aromatic nitrogens is 1. The predicted octanol–water partition coefficient (Wildman–Crippen LogP) is 4.27. The Labute approximate surface area is 165 Å². The number of pyridine rings is 1. The number of nitrogens with one attached hydrogen (secondary N) is 1. The third kappa shape index (κ3) is 3.87. The molecule has 0 aliphatic carbocycles. The van der Waals surface area contributed by atoms with Crippen LogP contribution in [0.1, 0.15) is 0 Å². The van der Waals surface area contributed by atoms with E-state index in [1.807, 2.05) is 17.5 Å². The number of halogens is 1. The smallest absolute Gasteiger partial charge is 0.257 e. The van der Waals surface area contributed by atoms with E-state index in [9.17, 15) is 8.42 Å². The molecule has 0 amide bonds. The molecule has 0 unspecified atom stereocenters. The minimum absolute atomic E-state index is 0.426. The molecule has 2 aromatic heterocycles. The fraction of sp³-hybridized carbons (Fsp3) is 0.167. The molecule has 3 heterocycles. The second-order valence-electron chi connectivity index (χ2n) is 5.96. The molecule has 140 valence electrons. The number of hydrogen-bond donors (Lipinski definition) is 1. The molecular weight excluding hydrogens is 408 g/mol. The predicted molar refractivity (Wildman–Crippen MR) is 107 cm³/mol. The fourth-order valence-corrected chi connectivity index (χ4v) is 4.57. The van der Waals surface area contributed by atoms with Crippen molar-refractivity contribution in [3.8, 4) is 33.2 Å². The zero-order valence-corrected chi connectivity index (χ0v) is 16.6. The van der Waals surface area contributed by atoms with Crippen molar-refractivity contribution in [2.75, 3.05) is 24.2 Å². The van der Waals surface area contributed by atoms with Crippen molar-refractivity contribution in [2.24, 2.45) is 0 Å². The van der Waals surface area contributed by atoms with Gasteiger partial charge in [-0.3, -0.25) is 4.72 Å². The molecule has 27 heavy (non-hydrogen) atoms. The fourth-order valence-electron chi connectivity index (χ4n) is 2.79. The van der Waals surface area contributed by atoms with Crippen molar-refractivity contribution in [1.29, 1.82) is 0 Å². The molecule has 0 spiro atoms. The second kappa shape index (κ2) is 7.03. The Morgan fingerprint density at radius 2 is 1.96 bits per heavy atom. The zero-order valence-electron chi connectivity index (χ0n) is 14.2. The number of sulfonamides is 1. The van der Waals surface area contributed by atoms with Gasteiger partial charge in [-0.1, -0.05) is 17.7 Å². The molecule has 0 bridgehead atoms. The minimum Gasteiger partial charge on any atom is -0.484 e. The van der Waals surface area contributed by atoms with Gasteiger partial charge in [-0.15, -0.1) is 11.3 Å². The average molecular weight is 423 g/mol. The maximum absolute atomic E-state index is 11.4. The van der Waals surface area contributed by atoms with Crippen molar-refractivity contribution in [3.05, 3.63) is 46.9 Å². The zero-order chi connectivity index (χ0) is 19.0. The standard InChI is InChI=1S/C18H15ClN2O4S2/c1-27(22,23)21-12-2-3-13(15(19)9-12)11-8-16(26-10-11)14-4-5-20-18-17(14)24-6-7-25-18/h2-5,8-10,21H,6-7H2,1H3. The van der Waals surface area contributed by atoms with Gasteiger partial charge in [0.1, 0.15) is 13.2 Å². The molecular formula is C18H15ClN2O4S2. The normalized spacial score (nSPS) is 13.4. The monoisotopic (exact) mass is 422 g/mol. The highest BCUT2D eigenvalue weighted by atomic mass is 35.5. The Morgan fingerprint density at radius 3 is 2.74 bits per heavy atom. The number of benzene rings is 1. The molecule has 0 fully saturated rings. The number of nitrogens with zero attached hydrogens (tertiary/aromatic N) is 1. The van der Waals surface area contributed by atoms with E-state index in [-0.39, 0.29) is 0 Å². The summed E-state index contributed by atoms with van der Waals surface area (Å²) in [6, 6.07) is 8.99. The Balaban J connectivity index is 1.68. The van der Waals surface area contributed by atoms with Crippen LogP contribution in [0.3, 0.4) is 0 Å². The van der Waals surface area contributed by atoms with Crippen LogP contribution in [0.4, 0.5) is 5.69 Å². The molecule has 6 nitrogen and oxygen atoms in total. The molecule has 0 radical (unpaired) electrons. The first-order valence-electron chi connectivity index (χ1n) is 8.02. The Hall–Kier alpha value is -2.29. The van der Waals surface area contributed by atoms with Crippen LogP contribution in [-0.4, -0.2) is 32.9 Å². The molecule has 0 saturated carbocycles. The number of fused-ring (bicyclic) bond motifs is 1. The lowest BCUT2D eigenvalue weighted by molar-refractivity contribution is 0.165. The lowest BCUT2D eigenvalue weighted by Crippen LogP contribution is -2.16. The van der Waals surface area contributed by atoms with Crippen LogP contribution in [0.5, 0.6) is 11.6 Å². The van der Waals surface area contributed by atoms with Crippen LogP contribution in [0, 0.1) is 0 Å². The van der Waals surface area contributed by atoms with E-state index in [1.54, 1.807) is 35.7 Å². The summed E-state index contributed by atoms with van der Waals surface area (Å²) in [5.74, 6) is 1.15. The first-order chi connectivity index (χ1) is 12.9. The van der Waals surface area contributed by atoms with Gasteiger partial charge in [-0.05, 0) is 35.2 Å².